The van der Waals surface area contributed by atoms with Gasteiger partial charge in [-0.3, -0.25) is 5.10 Å². The zero-order valence-electron chi connectivity index (χ0n) is 15.1. The van der Waals surface area contributed by atoms with E-state index in [4.69, 9.17) is 11.6 Å². The van der Waals surface area contributed by atoms with Gasteiger partial charge in [-0.1, -0.05) is 29.8 Å². The summed E-state index contributed by atoms with van der Waals surface area (Å²) in [4.78, 5) is 4.28. The third-order valence-corrected chi connectivity index (χ3v) is 4.99. The first-order valence-electron chi connectivity index (χ1n) is 8.78. The molecule has 0 fully saturated rings. The Bertz CT molecular complexity index is 1130. The van der Waals surface area contributed by atoms with Gasteiger partial charge in [-0.05, 0) is 48.4 Å². The summed E-state index contributed by atoms with van der Waals surface area (Å²) < 4.78 is 13.2. The number of anilines is 1. The van der Waals surface area contributed by atoms with Crippen LogP contribution in [0.15, 0.2) is 54.7 Å². The summed E-state index contributed by atoms with van der Waals surface area (Å²) in [6, 6.07) is 13.4. The molecule has 0 radical (unpaired) electrons. The van der Waals surface area contributed by atoms with Crippen LogP contribution in [0.3, 0.4) is 0 Å². The molecule has 4 rings (SSSR count). The number of aliphatic hydroxyl groups excluding tert-OH is 1. The first kappa shape index (κ1) is 18.4. The van der Waals surface area contributed by atoms with Crippen molar-refractivity contribution in [2.24, 2.45) is 0 Å². The minimum atomic E-state index is -0.393. The Morgan fingerprint density at radius 2 is 1.96 bits per heavy atom. The number of pyridine rings is 1. The molecule has 0 saturated heterocycles. The maximum Gasteiger partial charge on any atom is 0.136 e. The van der Waals surface area contributed by atoms with Crippen molar-refractivity contribution in [2.75, 3.05) is 11.9 Å². The van der Waals surface area contributed by atoms with Crippen molar-refractivity contribution in [3.8, 4) is 11.1 Å². The van der Waals surface area contributed by atoms with Crippen molar-refractivity contribution in [3.63, 3.8) is 0 Å². The molecule has 5 nitrogen and oxygen atoms in total. The summed E-state index contributed by atoms with van der Waals surface area (Å²) in [5.74, 6) is -0.319. The lowest BCUT2D eigenvalue weighted by Gasteiger charge is -2.19. The second kappa shape index (κ2) is 7.58. The van der Waals surface area contributed by atoms with Crippen molar-refractivity contribution in [3.05, 3.63) is 77.0 Å². The number of aromatic amines is 1. The molecule has 3 N–H and O–H groups in total. The molecule has 28 heavy (non-hydrogen) atoms. The number of nitrogens with one attached hydrogen (secondary N) is 2. The first-order chi connectivity index (χ1) is 13.5. The monoisotopic (exact) mass is 396 g/mol. The molecule has 142 valence electrons. The SMILES string of the molecule is Cc1[nH]nc2ccc(-c3cc(N[C@@H](CO)c4ccc(F)cc4)cnc3Cl)cc12. The maximum atomic E-state index is 13.2. The predicted molar refractivity (Wildman–Crippen MR) is 109 cm³/mol. The number of H-pyrrole nitrogens is 1. The fraction of sp³-hybridized carbons (Fsp3) is 0.143. The molecule has 1 atom stereocenters. The van der Waals surface area contributed by atoms with Crippen LogP contribution >= 0.6 is 11.6 Å². The second-order valence-electron chi connectivity index (χ2n) is 6.57. The highest BCUT2D eigenvalue weighted by Gasteiger charge is 2.14. The fourth-order valence-electron chi connectivity index (χ4n) is 3.17. The molecular formula is C21H18ClFN4O. The van der Waals surface area contributed by atoms with Gasteiger partial charge < -0.3 is 10.4 Å². The number of nitrogens with zero attached hydrogens (tertiary/aromatic N) is 2. The topological polar surface area (TPSA) is 73.8 Å². The Balaban J connectivity index is 1.67. The van der Waals surface area contributed by atoms with Gasteiger partial charge in [0.05, 0.1) is 30.0 Å². The number of fused-ring (bicyclic) bond motifs is 1. The molecule has 0 saturated carbocycles. The lowest BCUT2D eigenvalue weighted by atomic mass is 10.0. The molecule has 0 unspecified atom stereocenters. The second-order valence-corrected chi connectivity index (χ2v) is 6.93. The summed E-state index contributed by atoms with van der Waals surface area (Å²) >= 11 is 6.35. The van der Waals surface area contributed by atoms with Crippen LogP contribution < -0.4 is 5.32 Å². The van der Waals surface area contributed by atoms with Gasteiger partial charge in [0.25, 0.3) is 0 Å². The molecule has 0 amide bonds. The Morgan fingerprint density at radius 3 is 2.71 bits per heavy atom. The van der Waals surface area contributed by atoms with Crippen molar-refractivity contribution in [1.82, 2.24) is 15.2 Å². The molecule has 2 aromatic heterocycles. The molecule has 0 bridgehead atoms. The Labute approximate surface area is 166 Å². The molecule has 0 spiro atoms. The number of hydrogen-bond donors (Lipinski definition) is 3. The zero-order chi connectivity index (χ0) is 19.7. The number of aromatic nitrogens is 3. The third-order valence-electron chi connectivity index (χ3n) is 4.69. The minimum Gasteiger partial charge on any atom is -0.394 e. The van der Waals surface area contributed by atoms with Gasteiger partial charge >= 0.3 is 0 Å². The van der Waals surface area contributed by atoms with Crippen LogP contribution in [0.1, 0.15) is 17.3 Å². The largest absolute Gasteiger partial charge is 0.394 e. The lowest BCUT2D eigenvalue weighted by molar-refractivity contribution is 0.276. The highest BCUT2D eigenvalue weighted by molar-refractivity contribution is 6.32. The van der Waals surface area contributed by atoms with Crippen LogP contribution in [0.2, 0.25) is 5.15 Å². The van der Waals surface area contributed by atoms with E-state index >= 15 is 0 Å². The van der Waals surface area contributed by atoms with E-state index in [0.29, 0.717) is 10.8 Å². The quantitative estimate of drug-likeness (QED) is 0.421. The van der Waals surface area contributed by atoms with Gasteiger partial charge in [0, 0.05) is 16.6 Å². The van der Waals surface area contributed by atoms with E-state index in [-0.39, 0.29) is 12.4 Å². The molecule has 0 aliphatic rings. The number of aryl methyl sites for hydroxylation is 1. The van der Waals surface area contributed by atoms with Gasteiger partial charge in [-0.2, -0.15) is 5.10 Å². The van der Waals surface area contributed by atoms with Crippen LogP contribution in [-0.4, -0.2) is 26.9 Å². The standard InChI is InChI=1S/C21H18ClFN4O/c1-12-17-8-14(4-7-19(17)27-26-12)18-9-16(10-24-21(18)22)25-20(11-28)13-2-5-15(23)6-3-13/h2-10,20,25,28H,11H2,1H3,(H,26,27)/t20-/m0/s1. The van der Waals surface area contributed by atoms with E-state index in [9.17, 15) is 9.50 Å². The van der Waals surface area contributed by atoms with Gasteiger partial charge in [0.2, 0.25) is 0 Å². The van der Waals surface area contributed by atoms with Gasteiger partial charge in [0.1, 0.15) is 11.0 Å². The highest BCUT2D eigenvalue weighted by Crippen LogP contribution is 2.32. The minimum absolute atomic E-state index is 0.149. The number of rotatable bonds is 5. The Hall–Kier alpha value is -2.96. The van der Waals surface area contributed by atoms with Crippen molar-refractivity contribution in [2.45, 2.75) is 13.0 Å². The van der Waals surface area contributed by atoms with Gasteiger partial charge in [0.15, 0.2) is 0 Å². The summed E-state index contributed by atoms with van der Waals surface area (Å²) in [5, 5.41) is 21.6. The Kier molecular flexibility index (Phi) is 4.98. The van der Waals surface area contributed by atoms with Crippen LogP contribution in [0, 0.1) is 12.7 Å². The van der Waals surface area contributed by atoms with E-state index < -0.39 is 6.04 Å². The van der Waals surface area contributed by atoms with Crippen LogP contribution in [0.5, 0.6) is 0 Å². The smallest absolute Gasteiger partial charge is 0.136 e. The third kappa shape index (κ3) is 3.56. The molecule has 0 aliphatic heterocycles. The van der Waals surface area contributed by atoms with Gasteiger partial charge in [-0.15, -0.1) is 0 Å². The lowest BCUT2D eigenvalue weighted by Crippen LogP contribution is -2.15. The molecule has 4 aromatic rings. The summed E-state index contributed by atoms with van der Waals surface area (Å²) in [6.07, 6.45) is 1.61. The summed E-state index contributed by atoms with van der Waals surface area (Å²) in [6.45, 7) is 1.81. The van der Waals surface area contributed by atoms with Crippen molar-refractivity contribution >= 4 is 28.2 Å². The van der Waals surface area contributed by atoms with E-state index in [1.54, 1.807) is 18.3 Å². The average Bonchev–Trinajstić information content (AvgIpc) is 3.08. The summed E-state index contributed by atoms with van der Waals surface area (Å²) in [7, 11) is 0. The number of aliphatic hydroxyl groups is 1. The van der Waals surface area contributed by atoms with Crippen LogP contribution in [0.4, 0.5) is 10.1 Å². The van der Waals surface area contributed by atoms with E-state index in [1.807, 2.05) is 31.2 Å². The van der Waals surface area contributed by atoms with E-state index in [0.717, 1.165) is 33.3 Å². The number of benzene rings is 2. The zero-order valence-corrected chi connectivity index (χ0v) is 15.8. The van der Waals surface area contributed by atoms with Gasteiger partial charge in [-0.25, -0.2) is 9.37 Å². The molecule has 2 heterocycles. The molecule has 2 aromatic carbocycles. The summed E-state index contributed by atoms with van der Waals surface area (Å²) in [5.41, 5.74) is 5.02. The number of hydrogen-bond acceptors (Lipinski definition) is 4. The van der Waals surface area contributed by atoms with Crippen molar-refractivity contribution in [1.29, 1.82) is 0 Å². The van der Waals surface area contributed by atoms with Crippen molar-refractivity contribution < 1.29 is 9.50 Å². The van der Waals surface area contributed by atoms with E-state index in [1.165, 1.54) is 12.1 Å². The highest BCUT2D eigenvalue weighted by atomic mass is 35.5. The Morgan fingerprint density at radius 1 is 1.18 bits per heavy atom. The molecule has 7 heteroatoms. The van der Waals surface area contributed by atoms with E-state index in [2.05, 4.69) is 20.5 Å². The maximum absolute atomic E-state index is 13.2. The fourth-order valence-corrected chi connectivity index (χ4v) is 3.38. The van der Waals surface area contributed by atoms with Crippen LogP contribution in [-0.2, 0) is 0 Å². The predicted octanol–water partition coefficient (Wildman–Crippen LogP) is 4.87. The normalized spacial score (nSPS) is 12.3. The first-order valence-corrected chi connectivity index (χ1v) is 9.16. The number of halogens is 2. The molecule has 0 aliphatic carbocycles. The average molecular weight is 397 g/mol. The van der Waals surface area contributed by atoms with Crippen LogP contribution in [0.25, 0.3) is 22.0 Å². The molecular weight excluding hydrogens is 379 g/mol.